The van der Waals surface area contributed by atoms with Gasteiger partial charge < -0.3 is 4.42 Å². The second-order valence-electron chi connectivity index (χ2n) is 6.20. The molecule has 0 atom stereocenters. The van der Waals surface area contributed by atoms with Gasteiger partial charge in [0.1, 0.15) is 11.5 Å². The molecule has 1 aromatic carbocycles. The smallest absolute Gasteiger partial charge is 0.441 e. The number of furan rings is 1. The Labute approximate surface area is 173 Å². The van der Waals surface area contributed by atoms with E-state index in [9.17, 15) is 31.1 Å². The number of amides is 1. The van der Waals surface area contributed by atoms with E-state index in [2.05, 4.69) is 10.1 Å². The topological polar surface area (TPSA) is 82.0 Å². The van der Waals surface area contributed by atoms with Crippen molar-refractivity contribution in [2.75, 3.05) is 0 Å². The molecule has 13 heteroatoms. The van der Waals surface area contributed by atoms with Crippen molar-refractivity contribution in [1.82, 2.24) is 5.01 Å². The molecule has 0 fully saturated rings. The average Bonchev–Trinajstić information content (AvgIpc) is 3.31. The number of carbonyl (C=O) groups is 1. The number of aliphatic imine (C=N–C) groups is 1. The first kappa shape index (κ1) is 20.9. The van der Waals surface area contributed by atoms with E-state index in [0.29, 0.717) is 5.01 Å². The van der Waals surface area contributed by atoms with Gasteiger partial charge in [-0.15, -0.1) is 0 Å². The number of benzene rings is 1. The summed E-state index contributed by atoms with van der Waals surface area (Å²) < 4.78 is 82.7. The summed E-state index contributed by atoms with van der Waals surface area (Å²) in [6, 6.07) is 7.08. The van der Waals surface area contributed by atoms with Crippen LogP contribution in [0.25, 0.3) is 17.4 Å². The molecule has 0 unspecified atom stereocenters. The molecule has 2 aliphatic rings. The number of alkyl halides is 6. The Morgan fingerprint density at radius 2 is 1.81 bits per heavy atom. The summed E-state index contributed by atoms with van der Waals surface area (Å²) in [7, 11) is 0. The maximum atomic E-state index is 12.9. The fourth-order valence-corrected chi connectivity index (χ4v) is 3.44. The lowest BCUT2D eigenvalue weighted by molar-refractivity contribution is -0.137. The lowest BCUT2D eigenvalue weighted by atomic mass is 10.1. The molecular formula is C18H8F6N4O2S. The number of thioether (sulfide) groups is 1. The zero-order valence-electron chi connectivity index (χ0n) is 14.9. The predicted molar refractivity (Wildman–Crippen MR) is 100 cm³/mol. The summed E-state index contributed by atoms with van der Waals surface area (Å²) in [5.74, 6) is -1.56. The lowest BCUT2D eigenvalue weighted by Crippen LogP contribution is -2.35. The number of carbonyl (C=O) groups excluding carboxylic acids is 1. The van der Waals surface area contributed by atoms with Gasteiger partial charge in [-0.2, -0.15) is 41.4 Å². The van der Waals surface area contributed by atoms with Crippen LogP contribution in [-0.2, 0) is 11.0 Å². The van der Waals surface area contributed by atoms with Crippen LogP contribution in [-0.4, -0.2) is 33.1 Å². The predicted octanol–water partition coefficient (Wildman–Crippen LogP) is 5.15. The molecule has 6 nitrogen and oxygen atoms in total. The van der Waals surface area contributed by atoms with E-state index >= 15 is 0 Å². The monoisotopic (exact) mass is 458 g/mol. The van der Waals surface area contributed by atoms with E-state index in [0.717, 1.165) is 18.2 Å². The number of hydrogen-bond donors (Lipinski definition) is 1. The summed E-state index contributed by atoms with van der Waals surface area (Å²) in [6.45, 7) is 0. The maximum Gasteiger partial charge on any atom is 0.441 e. The SMILES string of the molecule is N=C1/C(=C/c2ccc(-c3cccc(C(F)(F)F)c3)o2)C(=O)N=C2SC(C(F)(F)F)=NN12. The van der Waals surface area contributed by atoms with Crippen LogP contribution < -0.4 is 0 Å². The van der Waals surface area contributed by atoms with Gasteiger partial charge in [0.15, 0.2) is 5.84 Å². The van der Waals surface area contributed by atoms with Gasteiger partial charge in [0, 0.05) is 5.56 Å². The van der Waals surface area contributed by atoms with E-state index in [1.807, 2.05) is 0 Å². The Bertz CT molecular complexity index is 1190. The Hall–Kier alpha value is -3.35. The molecule has 160 valence electrons. The summed E-state index contributed by atoms with van der Waals surface area (Å²) in [5, 5.41) is 10.2. The van der Waals surface area contributed by atoms with Crippen LogP contribution in [0.3, 0.4) is 0 Å². The van der Waals surface area contributed by atoms with E-state index in [1.165, 1.54) is 24.3 Å². The third-order valence-corrected chi connectivity index (χ3v) is 5.04. The van der Waals surface area contributed by atoms with Crippen LogP contribution in [0.1, 0.15) is 11.3 Å². The Kier molecular flexibility index (Phi) is 4.80. The molecule has 0 saturated carbocycles. The minimum Gasteiger partial charge on any atom is -0.457 e. The maximum absolute atomic E-state index is 12.9. The van der Waals surface area contributed by atoms with Crippen LogP contribution in [0.5, 0.6) is 0 Å². The Morgan fingerprint density at radius 1 is 1.06 bits per heavy atom. The summed E-state index contributed by atoms with van der Waals surface area (Å²) in [6.07, 6.45) is -8.25. The van der Waals surface area contributed by atoms with Crippen LogP contribution in [0.2, 0.25) is 0 Å². The van der Waals surface area contributed by atoms with Crippen LogP contribution in [0.4, 0.5) is 26.3 Å². The van der Waals surface area contributed by atoms with Crippen molar-refractivity contribution < 1.29 is 35.6 Å². The molecule has 0 aliphatic carbocycles. The van der Waals surface area contributed by atoms with Crippen molar-refractivity contribution in [3.8, 4) is 11.3 Å². The van der Waals surface area contributed by atoms with E-state index in [4.69, 9.17) is 9.83 Å². The Morgan fingerprint density at radius 3 is 2.48 bits per heavy atom. The molecule has 0 bridgehead atoms. The molecule has 0 radical (unpaired) electrons. The van der Waals surface area contributed by atoms with E-state index < -0.39 is 39.9 Å². The molecule has 3 heterocycles. The fourth-order valence-electron chi connectivity index (χ4n) is 2.68. The van der Waals surface area contributed by atoms with E-state index in [1.54, 1.807) is 0 Å². The normalized spacial score (nSPS) is 18.4. The van der Waals surface area contributed by atoms with Gasteiger partial charge in [-0.3, -0.25) is 10.2 Å². The van der Waals surface area contributed by atoms with Gasteiger partial charge >= 0.3 is 12.4 Å². The second kappa shape index (κ2) is 7.11. The van der Waals surface area contributed by atoms with Crippen LogP contribution in [0, 0.1) is 5.41 Å². The standard InChI is InChI=1S/C18H8F6N4O2S/c19-17(20,21)9-3-1-2-8(6-9)12-5-4-10(30-12)7-11-13(25)28-16(26-14(11)29)31-15(27-28)18(22,23)24/h1-7,25H/b11-7-,25-13?. The zero-order valence-corrected chi connectivity index (χ0v) is 15.7. The molecule has 1 aromatic heterocycles. The van der Waals surface area contributed by atoms with E-state index in [-0.39, 0.29) is 34.4 Å². The minimum absolute atomic E-state index is 0.00830. The molecular weight excluding hydrogens is 450 g/mol. The van der Waals surface area contributed by atoms with Crippen molar-refractivity contribution in [2.24, 2.45) is 10.1 Å². The molecule has 1 amide bonds. The number of hydrazone groups is 1. The minimum atomic E-state index is -4.77. The summed E-state index contributed by atoms with van der Waals surface area (Å²) in [4.78, 5) is 15.7. The highest BCUT2D eigenvalue weighted by atomic mass is 32.2. The lowest BCUT2D eigenvalue weighted by Gasteiger charge is -2.19. The number of amidine groups is 2. The highest BCUT2D eigenvalue weighted by Crippen LogP contribution is 2.36. The van der Waals surface area contributed by atoms with Gasteiger partial charge in [0.25, 0.3) is 5.91 Å². The van der Waals surface area contributed by atoms with Crippen LogP contribution >= 0.6 is 11.8 Å². The van der Waals surface area contributed by atoms with Crippen molar-refractivity contribution >= 4 is 39.8 Å². The first-order valence-electron chi connectivity index (χ1n) is 8.28. The van der Waals surface area contributed by atoms with Crippen molar-refractivity contribution in [3.05, 3.63) is 53.3 Å². The molecule has 2 aliphatic heterocycles. The van der Waals surface area contributed by atoms with Gasteiger partial charge in [0.05, 0.1) is 11.1 Å². The molecule has 0 spiro atoms. The number of nitrogens with zero attached hydrogens (tertiary/aromatic N) is 3. The quantitative estimate of drug-likeness (QED) is 0.499. The number of halogens is 6. The first-order valence-corrected chi connectivity index (χ1v) is 9.10. The molecule has 31 heavy (non-hydrogen) atoms. The number of nitrogens with one attached hydrogen (secondary N) is 1. The van der Waals surface area contributed by atoms with Gasteiger partial charge in [-0.25, -0.2) is 0 Å². The summed E-state index contributed by atoms with van der Waals surface area (Å²) >= 11 is 0.119. The number of fused-ring (bicyclic) bond motifs is 1. The second-order valence-corrected chi connectivity index (χ2v) is 7.16. The van der Waals surface area contributed by atoms with Crippen molar-refractivity contribution in [1.29, 1.82) is 5.41 Å². The number of rotatable bonds is 2. The third kappa shape index (κ3) is 4.00. The molecule has 4 rings (SSSR count). The number of hydrogen-bond acceptors (Lipinski definition) is 5. The zero-order chi connectivity index (χ0) is 22.6. The average molecular weight is 458 g/mol. The van der Waals surface area contributed by atoms with Crippen LogP contribution in [0.15, 0.2) is 56.5 Å². The molecule has 0 saturated heterocycles. The van der Waals surface area contributed by atoms with Gasteiger partial charge in [-0.1, -0.05) is 12.1 Å². The highest BCUT2D eigenvalue weighted by Gasteiger charge is 2.46. The fraction of sp³-hybridized carbons (Fsp3) is 0.111. The highest BCUT2D eigenvalue weighted by molar-refractivity contribution is 8.27. The van der Waals surface area contributed by atoms with Gasteiger partial charge in [-0.05, 0) is 42.1 Å². The first-order chi connectivity index (χ1) is 14.4. The largest absolute Gasteiger partial charge is 0.457 e. The third-order valence-electron chi connectivity index (χ3n) is 4.08. The van der Waals surface area contributed by atoms with Gasteiger partial charge in [0.2, 0.25) is 10.2 Å². The Balaban J connectivity index is 1.64. The molecule has 1 N–H and O–H groups in total. The van der Waals surface area contributed by atoms with Crippen molar-refractivity contribution in [3.63, 3.8) is 0 Å². The summed E-state index contributed by atoms with van der Waals surface area (Å²) in [5.41, 5.74) is -1.14. The molecule has 2 aromatic rings. The van der Waals surface area contributed by atoms with Crippen molar-refractivity contribution in [2.45, 2.75) is 12.4 Å².